The van der Waals surface area contributed by atoms with Gasteiger partial charge < -0.3 is 10.2 Å². The Morgan fingerprint density at radius 2 is 2.05 bits per heavy atom. The number of rotatable bonds is 2. The van der Waals surface area contributed by atoms with E-state index >= 15 is 0 Å². The maximum absolute atomic E-state index is 6.08. The van der Waals surface area contributed by atoms with E-state index in [1.807, 2.05) is 6.07 Å². The van der Waals surface area contributed by atoms with E-state index in [4.69, 9.17) is 11.6 Å². The number of piperidine rings is 2. The first-order valence-corrected chi connectivity index (χ1v) is 7.93. The Morgan fingerprint density at radius 1 is 1.29 bits per heavy atom. The Bertz CT molecular complexity index is 642. The van der Waals surface area contributed by atoms with Crippen LogP contribution in [0.5, 0.6) is 0 Å². The maximum Gasteiger partial charge on any atom is 0.255 e. The second kappa shape index (κ2) is 5.10. The van der Waals surface area contributed by atoms with Crippen molar-refractivity contribution in [1.29, 1.82) is 0 Å². The first kappa shape index (κ1) is 13.3. The van der Waals surface area contributed by atoms with Crippen molar-refractivity contribution in [2.75, 3.05) is 12.4 Å². The van der Waals surface area contributed by atoms with Gasteiger partial charge in [0, 0.05) is 24.2 Å². The van der Waals surface area contributed by atoms with Gasteiger partial charge in [-0.25, -0.2) is 0 Å². The predicted octanol–water partition coefficient (Wildman–Crippen LogP) is 2.20. The Labute approximate surface area is 128 Å². The number of aromatic nitrogens is 4. The van der Waals surface area contributed by atoms with Crippen LogP contribution in [0.3, 0.4) is 0 Å². The molecule has 2 saturated heterocycles. The van der Waals surface area contributed by atoms with Crippen LogP contribution in [-0.2, 0) is 0 Å². The molecular weight excluding hydrogens is 288 g/mol. The Hall–Kier alpha value is -1.40. The summed E-state index contributed by atoms with van der Waals surface area (Å²) in [7, 11) is 2.27. The lowest BCUT2D eigenvalue weighted by Gasteiger charge is -2.47. The van der Waals surface area contributed by atoms with Gasteiger partial charge in [-0.2, -0.15) is 19.6 Å². The Morgan fingerprint density at radius 3 is 2.81 bits per heavy atom. The van der Waals surface area contributed by atoms with E-state index in [1.54, 1.807) is 4.52 Å². The van der Waals surface area contributed by atoms with Gasteiger partial charge in [-0.05, 0) is 32.7 Å². The maximum atomic E-state index is 6.08. The van der Waals surface area contributed by atoms with Crippen molar-refractivity contribution in [3.8, 4) is 0 Å². The van der Waals surface area contributed by atoms with Crippen LogP contribution >= 0.6 is 11.6 Å². The Balaban J connectivity index is 1.59. The molecule has 2 atom stereocenters. The van der Waals surface area contributed by atoms with Crippen LogP contribution in [0, 0.1) is 0 Å². The van der Waals surface area contributed by atoms with Crippen LogP contribution in [-0.4, -0.2) is 49.7 Å². The predicted molar refractivity (Wildman–Crippen MR) is 81.6 cm³/mol. The van der Waals surface area contributed by atoms with Crippen LogP contribution in [0.4, 0.5) is 5.82 Å². The minimum atomic E-state index is 0.450. The van der Waals surface area contributed by atoms with Crippen LogP contribution in [0.15, 0.2) is 12.4 Å². The first-order valence-electron chi connectivity index (χ1n) is 7.55. The molecule has 2 fully saturated rings. The highest BCUT2D eigenvalue weighted by atomic mass is 35.5. The SMILES string of the molecule is CN1C2CCCC1CC(Nc1cc(Cl)nc3ncnn13)C2. The monoisotopic (exact) mass is 306 g/mol. The van der Waals surface area contributed by atoms with E-state index in [0.717, 1.165) is 5.82 Å². The van der Waals surface area contributed by atoms with Crippen molar-refractivity contribution in [3.63, 3.8) is 0 Å². The molecule has 21 heavy (non-hydrogen) atoms. The molecule has 2 unspecified atom stereocenters. The van der Waals surface area contributed by atoms with Crippen LogP contribution in [0.2, 0.25) is 5.15 Å². The number of fused-ring (bicyclic) bond motifs is 3. The smallest absolute Gasteiger partial charge is 0.255 e. The molecule has 0 aromatic carbocycles. The fourth-order valence-corrected chi connectivity index (χ4v) is 4.01. The quantitative estimate of drug-likeness (QED) is 0.862. The summed E-state index contributed by atoms with van der Waals surface area (Å²) in [5.41, 5.74) is 0. The summed E-state index contributed by atoms with van der Waals surface area (Å²) >= 11 is 6.08. The molecule has 0 radical (unpaired) electrons. The minimum Gasteiger partial charge on any atom is -0.367 e. The van der Waals surface area contributed by atoms with Gasteiger partial charge in [-0.15, -0.1) is 0 Å². The van der Waals surface area contributed by atoms with Crippen molar-refractivity contribution >= 4 is 23.2 Å². The topological polar surface area (TPSA) is 58.3 Å². The lowest BCUT2D eigenvalue weighted by atomic mass is 9.82. The molecule has 2 bridgehead atoms. The molecule has 6 nitrogen and oxygen atoms in total. The first-order chi connectivity index (χ1) is 10.2. The third kappa shape index (κ3) is 2.36. The van der Waals surface area contributed by atoms with Crippen LogP contribution in [0.1, 0.15) is 32.1 Å². The lowest BCUT2D eigenvalue weighted by Crippen LogP contribution is -2.52. The van der Waals surface area contributed by atoms with Crippen LogP contribution in [0.25, 0.3) is 5.78 Å². The van der Waals surface area contributed by atoms with Crippen molar-refractivity contribution in [2.45, 2.75) is 50.2 Å². The summed E-state index contributed by atoms with van der Waals surface area (Å²) in [5, 5.41) is 8.28. The molecule has 2 aromatic heterocycles. The lowest BCUT2D eigenvalue weighted by molar-refractivity contribution is 0.0607. The fourth-order valence-electron chi connectivity index (χ4n) is 3.83. The zero-order chi connectivity index (χ0) is 14.4. The molecule has 0 aliphatic carbocycles. The highest BCUT2D eigenvalue weighted by Crippen LogP contribution is 2.34. The highest BCUT2D eigenvalue weighted by Gasteiger charge is 2.36. The number of hydrogen-bond donors (Lipinski definition) is 1. The van der Waals surface area contributed by atoms with Crippen molar-refractivity contribution in [2.24, 2.45) is 0 Å². The van der Waals surface area contributed by atoms with Gasteiger partial charge >= 0.3 is 0 Å². The summed E-state index contributed by atoms with van der Waals surface area (Å²) < 4.78 is 1.72. The minimum absolute atomic E-state index is 0.450. The van der Waals surface area contributed by atoms with E-state index in [2.05, 4.69) is 32.3 Å². The average molecular weight is 307 g/mol. The normalized spacial score (nSPS) is 29.7. The molecule has 112 valence electrons. The molecule has 0 amide bonds. The number of nitrogens with zero attached hydrogens (tertiary/aromatic N) is 5. The van der Waals surface area contributed by atoms with Gasteiger partial charge in [-0.1, -0.05) is 18.0 Å². The summed E-state index contributed by atoms with van der Waals surface area (Å²) in [5.74, 6) is 1.42. The van der Waals surface area contributed by atoms with Crippen molar-refractivity contribution in [1.82, 2.24) is 24.5 Å². The zero-order valence-electron chi connectivity index (χ0n) is 12.0. The third-order valence-corrected chi connectivity index (χ3v) is 5.11. The summed E-state index contributed by atoms with van der Waals surface area (Å²) in [6, 6.07) is 3.68. The number of hydrogen-bond acceptors (Lipinski definition) is 5. The fraction of sp³-hybridized carbons (Fsp3) is 0.643. The van der Waals surface area contributed by atoms with Gasteiger partial charge in [-0.3, -0.25) is 0 Å². The third-order valence-electron chi connectivity index (χ3n) is 4.91. The number of anilines is 1. The van der Waals surface area contributed by atoms with Crippen molar-refractivity contribution in [3.05, 3.63) is 17.5 Å². The molecule has 0 saturated carbocycles. The van der Waals surface area contributed by atoms with Crippen LogP contribution < -0.4 is 5.32 Å². The molecule has 1 N–H and O–H groups in total. The molecule has 0 spiro atoms. The van der Waals surface area contributed by atoms with Gasteiger partial charge in [0.1, 0.15) is 17.3 Å². The molecule has 4 heterocycles. The highest BCUT2D eigenvalue weighted by molar-refractivity contribution is 6.29. The number of halogens is 1. The van der Waals surface area contributed by atoms with E-state index in [-0.39, 0.29) is 0 Å². The van der Waals surface area contributed by atoms with E-state index in [9.17, 15) is 0 Å². The van der Waals surface area contributed by atoms with E-state index < -0.39 is 0 Å². The molecular formula is C14H19ClN6. The van der Waals surface area contributed by atoms with E-state index in [1.165, 1.54) is 38.4 Å². The van der Waals surface area contributed by atoms with Gasteiger partial charge in [0.05, 0.1) is 0 Å². The summed E-state index contributed by atoms with van der Waals surface area (Å²) in [6.07, 6.45) is 7.82. The molecule has 7 heteroatoms. The number of nitrogens with one attached hydrogen (secondary N) is 1. The summed E-state index contributed by atoms with van der Waals surface area (Å²) in [6.45, 7) is 0. The van der Waals surface area contributed by atoms with E-state index in [0.29, 0.717) is 29.1 Å². The Kier molecular flexibility index (Phi) is 3.23. The molecule has 2 aliphatic rings. The van der Waals surface area contributed by atoms with Gasteiger partial charge in [0.15, 0.2) is 0 Å². The average Bonchev–Trinajstić information content (AvgIpc) is 2.88. The molecule has 2 aromatic rings. The summed E-state index contributed by atoms with van der Waals surface area (Å²) in [4.78, 5) is 10.8. The largest absolute Gasteiger partial charge is 0.367 e. The van der Waals surface area contributed by atoms with Gasteiger partial charge in [0.2, 0.25) is 0 Å². The second-order valence-electron chi connectivity index (χ2n) is 6.15. The molecule has 2 aliphatic heterocycles. The van der Waals surface area contributed by atoms with Gasteiger partial charge in [0.25, 0.3) is 5.78 Å². The zero-order valence-corrected chi connectivity index (χ0v) is 12.8. The second-order valence-corrected chi connectivity index (χ2v) is 6.54. The van der Waals surface area contributed by atoms with Crippen molar-refractivity contribution < 1.29 is 0 Å². The molecule has 4 rings (SSSR count). The standard InChI is InChI=1S/C14H19ClN6/c1-20-10-3-2-4-11(20)6-9(5-10)18-13-7-12(15)19-14-16-8-17-21(13)14/h7-11,18H,2-6H2,1H3.